The van der Waals surface area contributed by atoms with Crippen molar-refractivity contribution in [2.45, 2.75) is 0 Å². The molecule has 0 amide bonds. The fourth-order valence-electron chi connectivity index (χ4n) is 8.38. The normalized spacial score (nSPS) is 13.0. The fourth-order valence-corrected chi connectivity index (χ4v) is 8.38. The van der Waals surface area contributed by atoms with Gasteiger partial charge in [-0.2, -0.15) is 0 Å². The summed E-state index contributed by atoms with van der Waals surface area (Å²) >= 11 is 0. The average molecular weight is 501 g/mol. The second-order valence-corrected chi connectivity index (χ2v) is 11.6. The van der Waals surface area contributed by atoms with Gasteiger partial charge in [-0.25, -0.2) is 0 Å². The van der Waals surface area contributed by atoms with Crippen LogP contribution in [0, 0.1) is 0 Å². The summed E-state index contributed by atoms with van der Waals surface area (Å²) in [5, 5.41) is 21.8. The minimum absolute atomic E-state index is 1.31. The number of hydrogen-bond acceptors (Lipinski definition) is 0. The van der Waals surface area contributed by atoms with Crippen LogP contribution in [0.3, 0.4) is 0 Å². The third kappa shape index (κ3) is 2.06. The summed E-state index contributed by atoms with van der Waals surface area (Å²) in [6, 6.07) is 46.0. The first-order valence-corrected chi connectivity index (χ1v) is 14.1. The summed E-state index contributed by atoms with van der Waals surface area (Å²) in [5.41, 5.74) is 5.50. The molecule has 0 bridgehead atoms. The highest BCUT2D eigenvalue weighted by atomic mass is 14.3. The van der Waals surface area contributed by atoms with E-state index in [0.717, 1.165) is 0 Å². The SMILES string of the molecule is c1cc2cccc3c4cc5c(c6cccc(c(c1)c23)c64)-c1ccc2c3cccc4cccc(c6ccc-5c1c62)c43. The van der Waals surface area contributed by atoms with Crippen molar-refractivity contribution in [1.29, 1.82) is 0 Å². The molecule has 0 heteroatoms. The second-order valence-electron chi connectivity index (χ2n) is 11.6. The van der Waals surface area contributed by atoms with E-state index in [4.69, 9.17) is 0 Å². The molecule has 0 heterocycles. The molecule has 1 aliphatic rings. The Balaban J connectivity index is 1.40. The summed E-state index contributed by atoms with van der Waals surface area (Å²) in [7, 11) is 0. The standard InChI is InChI=1S/C40H20/c1-8-22-9-4-13-27-33-20-34-30-17-16-28-24-11-2-6-21-7-3-12-25(35(21)24)29-18-19-32(40(30)39(28)29)38(34)31-15-5-14-26(37(31)33)23(10-1)36(22)27/h1-20H. The zero-order chi connectivity index (χ0) is 25.7. The van der Waals surface area contributed by atoms with Crippen LogP contribution < -0.4 is 0 Å². The van der Waals surface area contributed by atoms with E-state index in [9.17, 15) is 0 Å². The maximum atomic E-state index is 2.50. The number of rotatable bonds is 0. The van der Waals surface area contributed by atoms with Crippen LogP contribution in [0.4, 0.5) is 0 Å². The Morgan fingerprint density at radius 3 is 1.30 bits per heavy atom. The second kappa shape index (κ2) is 6.50. The number of fused-ring (bicyclic) bond motifs is 8. The van der Waals surface area contributed by atoms with Crippen LogP contribution in [-0.2, 0) is 0 Å². The number of benzene rings is 10. The highest BCUT2D eigenvalue weighted by molar-refractivity contribution is 6.41. The lowest BCUT2D eigenvalue weighted by Crippen LogP contribution is -1.89. The van der Waals surface area contributed by atoms with Crippen molar-refractivity contribution < 1.29 is 0 Å². The van der Waals surface area contributed by atoms with Gasteiger partial charge in [0.25, 0.3) is 0 Å². The first-order valence-electron chi connectivity index (χ1n) is 14.1. The van der Waals surface area contributed by atoms with Gasteiger partial charge in [0.15, 0.2) is 0 Å². The zero-order valence-corrected chi connectivity index (χ0v) is 21.5. The third-order valence-electron chi connectivity index (χ3n) is 9.85. The molecule has 40 heavy (non-hydrogen) atoms. The van der Waals surface area contributed by atoms with Gasteiger partial charge >= 0.3 is 0 Å². The van der Waals surface area contributed by atoms with Crippen molar-refractivity contribution in [3.8, 4) is 22.3 Å². The molecule has 0 spiro atoms. The van der Waals surface area contributed by atoms with Gasteiger partial charge in [-0.3, -0.25) is 0 Å². The van der Waals surface area contributed by atoms with Crippen LogP contribution >= 0.6 is 0 Å². The molecule has 0 saturated heterocycles. The number of hydrogen-bond donors (Lipinski definition) is 0. The van der Waals surface area contributed by atoms with Crippen LogP contribution in [0.2, 0.25) is 0 Å². The molecule has 0 radical (unpaired) electrons. The zero-order valence-electron chi connectivity index (χ0n) is 21.5. The van der Waals surface area contributed by atoms with Crippen molar-refractivity contribution in [1.82, 2.24) is 0 Å². The lowest BCUT2D eigenvalue weighted by atomic mass is 9.86. The predicted molar refractivity (Wildman–Crippen MR) is 173 cm³/mol. The molecule has 0 fully saturated rings. The lowest BCUT2D eigenvalue weighted by Gasteiger charge is -2.17. The first-order chi connectivity index (χ1) is 19.9. The minimum atomic E-state index is 1.31. The summed E-state index contributed by atoms with van der Waals surface area (Å²) in [4.78, 5) is 0. The van der Waals surface area contributed by atoms with Crippen LogP contribution in [0.1, 0.15) is 0 Å². The molecular formula is C40H20. The van der Waals surface area contributed by atoms with Crippen molar-refractivity contribution >= 4 is 86.2 Å². The predicted octanol–water partition coefficient (Wildman–Crippen LogP) is 11.4. The molecule has 0 atom stereocenters. The van der Waals surface area contributed by atoms with Gasteiger partial charge in [-0.15, -0.1) is 0 Å². The van der Waals surface area contributed by atoms with Crippen LogP contribution in [0.15, 0.2) is 121 Å². The topological polar surface area (TPSA) is 0 Å². The van der Waals surface area contributed by atoms with E-state index in [0.29, 0.717) is 0 Å². The van der Waals surface area contributed by atoms with Gasteiger partial charge in [0.1, 0.15) is 0 Å². The Labute approximate surface area is 229 Å². The Bertz CT molecular complexity index is 2690. The molecule has 1 aliphatic carbocycles. The lowest BCUT2D eigenvalue weighted by molar-refractivity contribution is 1.77. The molecule has 0 aromatic heterocycles. The maximum absolute atomic E-state index is 2.50. The molecule has 10 aromatic rings. The van der Waals surface area contributed by atoms with Gasteiger partial charge in [0.2, 0.25) is 0 Å². The van der Waals surface area contributed by atoms with Crippen molar-refractivity contribution in [2.75, 3.05) is 0 Å². The average Bonchev–Trinajstić information content (AvgIpc) is 3.34. The van der Waals surface area contributed by atoms with E-state index in [2.05, 4.69) is 121 Å². The van der Waals surface area contributed by atoms with Crippen molar-refractivity contribution in [2.24, 2.45) is 0 Å². The molecule has 0 nitrogen and oxygen atoms in total. The van der Waals surface area contributed by atoms with Crippen LogP contribution in [-0.4, -0.2) is 0 Å². The van der Waals surface area contributed by atoms with Gasteiger partial charge in [-0.05, 0) is 114 Å². The van der Waals surface area contributed by atoms with Gasteiger partial charge in [-0.1, -0.05) is 115 Å². The fraction of sp³-hybridized carbons (Fsp3) is 0. The highest BCUT2D eigenvalue weighted by Gasteiger charge is 2.28. The molecule has 11 rings (SSSR count). The first kappa shape index (κ1) is 19.8. The van der Waals surface area contributed by atoms with E-state index in [-0.39, 0.29) is 0 Å². The summed E-state index contributed by atoms with van der Waals surface area (Å²) in [6.07, 6.45) is 0. The van der Waals surface area contributed by atoms with E-state index < -0.39 is 0 Å². The molecule has 0 aliphatic heterocycles. The van der Waals surface area contributed by atoms with E-state index in [1.54, 1.807) is 0 Å². The Morgan fingerprint density at radius 2 is 0.700 bits per heavy atom. The van der Waals surface area contributed by atoms with E-state index in [1.807, 2.05) is 0 Å². The quantitative estimate of drug-likeness (QED) is 0.143. The minimum Gasteiger partial charge on any atom is -0.0610 e. The Kier molecular flexibility index (Phi) is 3.22. The molecule has 0 unspecified atom stereocenters. The highest BCUT2D eigenvalue weighted by Crippen LogP contribution is 2.56. The smallest absolute Gasteiger partial charge is 0.00137 e. The Morgan fingerprint density at radius 1 is 0.250 bits per heavy atom. The summed E-state index contributed by atoms with van der Waals surface area (Å²) in [6.45, 7) is 0. The molecule has 0 saturated carbocycles. The largest absolute Gasteiger partial charge is 0.0610 e. The molecular weight excluding hydrogens is 480 g/mol. The van der Waals surface area contributed by atoms with Gasteiger partial charge in [0, 0.05) is 0 Å². The molecule has 180 valence electrons. The van der Waals surface area contributed by atoms with Crippen LogP contribution in [0.5, 0.6) is 0 Å². The summed E-state index contributed by atoms with van der Waals surface area (Å²) in [5.74, 6) is 0. The van der Waals surface area contributed by atoms with Crippen molar-refractivity contribution in [3.05, 3.63) is 121 Å². The maximum Gasteiger partial charge on any atom is -0.00137 e. The third-order valence-corrected chi connectivity index (χ3v) is 9.85. The van der Waals surface area contributed by atoms with E-state index in [1.165, 1.54) is 108 Å². The Hall–Kier alpha value is -5.20. The summed E-state index contributed by atoms with van der Waals surface area (Å²) < 4.78 is 0. The monoisotopic (exact) mass is 500 g/mol. The van der Waals surface area contributed by atoms with Crippen molar-refractivity contribution in [3.63, 3.8) is 0 Å². The molecule has 10 aromatic carbocycles. The van der Waals surface area contributed by atoms with Gasteiger partial charge < -0.3 is 0 Å². The van der Waals surface area contributed by atoms with E-state index >= 15 is 0 Å². The van der Waals surface area contributed by atoms with Crippen LogP contribution in [0.25, 0.3) is 108 Å². The van der Waals surface area contributed by atoms with Gasteiger partial charge in [0.05, 0.1) is 0 Å². The molecule has 0 N–H and O–H groups in total.